The van der Waals surface area contributed by atoms with Gasteiger partial charge in [0.1, 0.15) is 6.33 Å². The summed E-state index contributed by atoms with van der Waals surface area (Å²) in [6, 6.07) is 5.00. The van der Waals surface area contributed by atoms with Crippen molar-refractivity contribution in [3.63, 3.8) is 0 Å². The van der Waals surface area contributed by atoms with Crippen molar-refractivity contribution >= 4 is 5.91 Å². The largest absolute Gasteiger partial charge is 0.416 e. The molecule has 1 amide bonds. The Kier molecular flexibility index (Phi) is 6.54. The van der Waals surface area contributed by atoms with Crippen LogP contribution in [0, 0.1) is 5.92 Å². The van der Waals surface area contributed by atoms with E-state index in [1.807, 2.05) is 0 Å². The first-order chi connectivity index (χ1) is 16.4. The van der Waals surface area contributed by atoms with Gasteiger partial charge in [-0.25, -0.2) is 9.97 Å². The van der Waals surface area contributed by atoms with Gasteiger partial charge in [-0.2, -0.15) is 36.1 Å². The van der Waals surface area contributed by atoms with Crippen LogP contribution in [-0.2, 0) is 17.1 Å². The molecule has 186 valence electrons. The average molecular weight is 499 g/mol. The first-order valence-electron chi connectivity index (χ1n) is 10.4. The molecule has 1 aliphatic heterocycles. The highest BCUT2D eigenvalue weighted by molar-refractivity contribution is 5.95. The van der Waals surface area contributed by atoms with Crippen molar-refractivity contribution in [2.75, 3.05) is 19.8 Å². The normalized spacial score (nSPS) is 15.5. The van der Waals surface area contributed by atoms with Crippen molar-refractivity contribution in [2.45, 2.75) is 25.3 Å². The second-order valence-electron chi connectivity index (χ2n) is 8.05. The number of amides is 1. The SMILES string of the molecule is CC(c1ncnn1-c1ccccn1)N(CC1COC1)C(=O)c1cc(C(F)(F)F)cc(C(F)(F)F)c1. The fourth-order valence-electron chi connectivity index (χ4n) is 3.66. The maximum atomic E-state index is 13.4. The van der Waals surface area contributed by atoms with Crippen molar-refractivity contribution in [3.8, 4) is 5.82 Å². The maximum Gasteiger partial charge on any atom is 0.416 e. The van der Waals surface area contributed by atoms with Crippen molar-refractivity contribution < 1.29 is 35.9 Å². The molecular formula is C22H19F6N5O2. The minimum absolute atomic E-state index is 0.0119. The summed E-state index contributed by atoms with van der Waals surface area (Å²) in [6.45, 7) is 2.21. The summed E-state index contributed by atoms with van der Waals surface area (Å²) >= 11 is 0. The standard InChI is InChI=1S/C22H19F6N5O2/c1-13(19-30-12-31-33(19)18-4-2-3-5-29-18)32(9-14-10-35-11-14)20(34)15-6-16(21(23,24)25)8-17(7-15)22(26,27)28/h2-8,12-14H,9-11H2,1H3. The quantitative estimate of drug-likeness (QED) is 0.466. The van der Waals surface area contributed by atoms with Crippen molar-refractivity contribution in [1.29, 1.82) is 0 Å². The number of halogens is 6. The van der Waals surface area contributed by atoms with E-state index in [9.17, 15) is 31.1 Å². The molecular weight excluding hydrogens is 480 g/mol. The summed E-state index contributed by atoms with van der Waals surface area (Å²) in [4.78, 5) is 23.0. The Bertz CT molecular complexity index is 1160. The molecule has 1 fully saturated rings. The van der Waals surface area contributed by atoms with E-state index in [4.69, 9.17) is 4.74 Å². The molecule has 0 aliphatic carbocycles. The summed E-state index contributed by atoms with van der Waals surface area (Å²) in [6.07, 6.45) is -7.41. The van der Waals surface area contributed by atoms with E-state index in [0.717, 1.165) is 0 Å². The third kappa shape index (κ3) is 5.29. The lowest BCUT2D eigenvalue weighted by Crippen LogP contribution is -2.44. The number of carbonyl (C=O) groups is 1. The van der Waals surface area contributed by atoms with E-state index in [0.29, 0.717) is 31.2 Å². The Morgan fingerprint density at radius 3 is 2.26 bits per heavy atom. The molecule has 3 heterocycles. The third-order valence-electron chi connectivity index (χ3n) is 5.54. The number of ether oxygens (including phenoxy) is 1. The van der Waals surface area contributed by atoms with Crippen LogP contribution in [0.1, 0.15) is 40.3 Å². The second kappa shape index (κ2) is 9.29. The number of rotatable bonds is 6. The lowest BCUT2D eigenvalue weighted by molar-refractivity contribution is -0.143. The molecule has 7 nitrogen and oxygen atoms in total. The predicted molar refractivity (Wildman–Crippen MR) is 109 cm³/mol. The Labute approximate surface area is 195 Å². The smallest absolute Gasteiger partial charge is 0.381 e. The van der Waals surface area contributed by atoms with Gasteiger partial charge >= 0.3 is 12.4 Å². The van der Waals surface area contributed by atoms with E-state index in [1.165, 1.54) is 22.1 Å². The first-order valence-corrected chi connectivity index (χ1v) is 10.4. The summed E-state index contributed by atoms with van der Waals surface area (Å²) in [5, 5.41) is 4.11. The van der Waals surface area contributed by atoms with Gasteiger partial charge < -0.3 is 9.64 Å². The summed E-state index contributed by atoms with van der Waals surface area (Å²) in [5.41, 5.74) is -3.86. The number of pyridine rings is 1. The van der Waals surface area contributed by atoms with E-state index in [1.54, 1.807) is 25.1 Å². The molecule has 35 heavy (non-hydrogen) atoms. The number of nitrogens with zero attached hydrogens (tertiary/aromatic N) is 5. The van der Waals surface area contributed by atoms with Gasteiger partial charge in [0.25, 0.3) is 5.91 Å². The van der Waals surface area contributed by atoms with E-state index < -0.39 is 41.0 Å². The summed E-state index contributed by atoms with van der Waals surface area (Å²) < 4.78 is 86.6. The Morgan fingerprint density at radius 1 is 1.09 bits per heavy atom. The molecule has 0 bridgehead atoms. The fourth-order valence-corrected chi connectivity index (χ4v) is 3.66. The predicted octanol–water partition coefficient (Wildman–Crippen LogP) is 4.55. The van der Waals surface area contributed by atoms with Crippen molar-refractivity contribution in [3.05, 3.63) is 71.4 Å². The lowest BCUT2D eigenvalue weighted by atomic mass is 10.0. The average Bonchev–Trinajstić information content (AvgIpc) is 3.27. The van der Waals surface area contributed by atoms with Gasteiger partial charge in [-0.3, -0.25) is 4.79 Å². The zero-order valence-electron chi connectivity index (χ0n) is 18.2. The van der Waals surface area contributed by atoms with E-state index >= 15 is 0 Å². The van der Waals surface area contributed by atoms with Crippen LogP contribution in [0.5, 0.6) is 0 Å². The molecule has 13 heteroatoms. The fraction of sp³-hybridized carbons (Fsp3) is 0.364. The number of hydrogen-bond acceptors (Lipinski definition) is 5. The molecule has 1 unspecified atom stereocenters. The van der Waals surface area contributed by atoms with Crippen LogP contribution in [-0.4, -0.2) is 50.3 Å². The van der Waals surface area contributed by atoms with Crippen LogP contribution in [0.25, 0.3) is 5.82 Å². The molecule has 0 saturated carbocycles. The van der Waals surface area contributed by atoms with Crippen LogP contribution in [0.4, 0.5) is 26.3 Å². The molecule has 1 saturated heterocycles. The monoisotopic (exact) mass is 499 g/mol. The van der Waals surface area contributed by atoms with Gasteiger partial charge in [-0.05, 0) is 37.3 Å². The van der Waals surface area contributed by atoms with Crippen molar-refractivity contribution in [1.82, 2.24) is 24.6 Å². The molecule has 1 aliphatic rings. The van der Waals surface area contributed by atoms with E-state index in [-0.39, 0.29) is 24.4 Å². The molecule has 1 atom stereocenters. The molecule has 4 rings (SSSR count). The van der Waals surface area contributed by atoms with E-state index in [2.05, 4.69) is 15.1 Å². The Morgan fingerprint density at radius 2 is 1.74 bits per heavy atom. The molecule has 0 spiro atoms. The molecule has 2 aromatic heterocycles. The van der Waals surface area contributed by atoms with Crippen LogP contribution in [0.2, 0.25) is 0 Å². The number of alkyl halides is 6. The highest BCUT2D eigenvalue weighted by Crippen LogP contribution is 2.37. The summed E-state index contributed by atoms with van der Waals surface area (Å²) in [7, 11) is 0. The highest BCUT2D eigenvalue weighted by atomic mass is 19.4. The van der Waals surface area contributed by atoms with Gasteiger partial charge in [-0.1, -0.05) is 6.07 Å². The van der Waals surface area contributed by atoms with Gasteiger partial charge in [0.05, 0.1) is 30.4 Å². The molecule has 0 N–H and O–H groups in total. The number of carbonyl (C=O) groups excluding carboxylic acids is 1. The molecule has 0 radical (unpaired) electrons. The van der Waals surface area contributed by atoms with Crippen LogP contribution in [0.15, 0.2) is 48.9 Å². The van der Waals surface area contributed by atoms with Gasteiger partial charge in [0.2, 0.25) is 0 Å². The zero-order valence-corrected chi connectivity index (χ0v) is 18.2. The third-order valence-corrected chi connectivity index (χ3v) is 5.54. The van der Waals surface area contributed by atoms with Gasteiger partial charge in [0, 0.05) is 24.2 Å². The topological polar surface area (TPSA) is 73.1 Å². The number of benzene rings is 1. The van der Waals surface area contributed by atoms with Crippen LogP contribution < -0.4 is 0 Å². The lowest BCUT2D eigenvalue weighted by Gasteiger charge is -2.35. The number of hydrogen-bond donors (Lipinski definition) is 0. The van der Waals surface area contributed by atoms with Crippen LogP contribution in [0.3, 0.4) is 0 Å². The Hall–Kier alpha value is -3.48. The maximum absolute atomic E-state index is 13.4. The zero-order chi connectivity index (χ0) is 25.4. The van der Waals surface area contributed by atoms with Crippen LogP contribution >= 0.6 is 0 Å². The molecule has 1 aromatic carbocycles. The highest BCUT2D eigenvalue weighted by Gasteiger charge is 2.39. The first kappa shape index (κ1) is 24.6. The second-order valence-corrected chi connectivity index (χ2v) is 8.05. The van der Waals surface area contributed by atoms with Gasteiger partial charge in [-0.15, -0.1) is 0 Å². The molecule has 3 aromatic rings. The van der Waals surface area contributed by atoms with Crippen molar-refractivity contribution in [2.24, 2.45) is 5.92 Å². The van der Waals surface area contributed by atoms with Gasteiger partial charge in [0.15, 0.2) is 11.6 Å². The summed E-state index contributed by atoms with van der Waals surface area (Å²) in [5.74, 6) is -0.526. The Balaban J connectivity index is 1.76. The minimum Gasteiger partial charge on any atom is -0.381 e. The number of aromatic nitrogens is 4. The minimum atomic E-state index is -5.08.